The lowest BCUT2D eigenvalue weighted by Gasteiger charge is -2.16. The zero-order valence-electron chi connectivity index (χ0n) is 12.5. The number of para-hydroxylation sites is 1. The van der Waals surface area contributed by atoms with Crippen LogP contribution >= 0.6 is 0 Å². The van der Waals surface area contributed by atoms with Crippen LogP contribution in [0, 0.1) is 6.92 Å². The van der Waals surface area contributed by atoms with Gasteiger partial charge in [-0.15, -0.1) is 0 Å². The fourth-order valence-corrected chi connectivity index (χ4v) is 3.12. The van der Waals surface area contributed by atoms with E-state index in [1.54, 1.807) is 18.2 Å². The fraction of sp³-hybridized carbons (Fsp3) is 0.250. The zero-order valence-corrected chi connectivity index (χ0v) is 13.3. The minimum absolute atomic E-state index is 0.294. The molecule has 0 spiro atoms. The Morgan fingerprint density at radius 3 is 2.43 bits per heavy atom. The second-order valence-electron chi connectivity index (χ2n) is 5.13. The molecular formula is C16H20N2O2S. The molecule has 2 aromatic carbocycles. The van der Waals surface area contributed by atoms with Crippen LogP contribution in [0.5, 0.6) is 0 Å². The molecule has 21 heavy (non-hydrogen) atoms. The van der Waals surface area contributed by atoms with Crippen molar-refractivity contribution < 1.29 is 8.42 Å². The molecule has 2 aromatic rings. The third-order valence-corrected chi connectivity index (χ3v) is 5.08. The molecule has 112 valence electrons. The molecule has 2 rings (SSSR count). The molecule has 4 nitrogen and oxygen atoms in total. The topological polar surface area (TPSA) is 49.4 Å². The lowest BCUT2D eigenvalue weighted by molar-refractivity contribution is 0.521. The molecule has 0 atom stereocenters. The van der Waals surface area contributed by atoms with E-state index in [-0.39, 0.29) is 0 Å². The van der Waals surface area contributed by atoms with Crippen LogP contribution in [0.4, 0.5) is 5.69 Å². The number of benzene rings is 2. The van der Waals surface area contributed by atoms with Gasteiger partial charge in [0.25, 0.3) is 0 Å². The molecule has 5 heteroatoms. The Bertz CT molecular complexity index is 725. The molecule has 0 aromatic heterocycles. The number of hydrogen-bond donors (Lipinski definition) is 1. The van der Waals surface area contributed by atoms with Crippen molar-refractivity contribution in [1.82, 2.24) is 4.31 Å². The molecule has 0 aliphatic rings. The average Bonchev–Trinajstić information content (AvgIpc) is 2.45. The van der Waals surface area contributed by atoms with E-state index >= 15 is 0 Å². The third-order valence-electron chi connectivity index (χ3n) is 3.21. The smallest absolute Gasteiger partial charge is 0.244 e. The summed E-state index contributed by atoms with van der Waals surface area (Å²) in [6.45, 7) is 2.62. The highest BCUT2D eigenvalue weighted by molar-refractivity contribution is 7.89. The Labute approximate surface area is 126 Å². The van der Waals surface area contributed by atoms with Gasteiger partial charge in [-0.3, -0.25) is 0 Å². The maximum Gasteiger partial charge on any atom is 0.244 e. The van der Waals surface area contributed by atoms with Crippen molar-refractivity contribution in [3.8, 4) is 0 Å². The number of nitrogens with zero attached hydrogens (tertiary/aromatic N) is 1. The van der Waals surface area contributed by atoms with Gasteiger partial charge in [-0.05, 0) is 24.6 Å². The standard InChI is InChI=1S/C16H20N2O2S/c1-13-7-6-8-14(11-13)12-17-15-9-4-5-10-16(15)21(19,20)18(2)3/h4-11,17H,12H2,1-3H3. The van der Waals surface area contributed by atoms with Crippen molar-refractivity contribution in [2.45, 2.75) is 18.4 Å². The Morgan fingerprint density at radius 2 is 1.76 bits per heavy atom. The van der Waals surface area contributed by atoms with Crippen molar-refractivity contribution in [2.75, 3.05) is 19.4 Å². The van der Waals surface area contributed by atoms with E-state index in [0.29, 0.717) is 17.1 Å². The molecule has 0 bridgehead atoms. The SMILES string of the molecule is Cc1cccc(CNc2ccccc2S(=O)(=O)N(C)C)c1. The maximum atomic E-state index is 12.3. The minimum Gasteiger partial charge on any atom is -0.380 e. The number of anilines is 1. The van der Waals surface area contributed by atoms with E-state index in [4.69, 9.17) is 0 Å². The quantitative estimate of drug-likeness (QED) is 0.924. The summed E-state index contributed by atoms with van der Waals surface area (Å²) in [5, 5.41) is 3.21. The van der Waals surface area contributed by atoms with Gasteiger partial charge < -0.3 is 5.32 Å². The van der Waals surface area contributed by atoms with Crippen LogP contribution in [0.1, 0.15) is 11.1 Å². The number of hydrogen-bond acceptors (Lipinski definition) is 3. The van der Waals surface area contributed by atoms with Crippen molar-refractivity contribution in [3.63, 3.8) is 0 Å². The first-order chi connectivity index (χ1) is 9.91. The summed E-state index contributed by atoms with van der Waals surface area (Å²) in [6.07, 6.45) is 0. The number of aryl methyl sites for hydroxylation is 1. The molecule has 1 N–H and O–H groups in total. The Balaban J connectivity index is 2.26. The Hall–Kier alpha value is -1.85. The average molecular weight is 304 g/mol. The van der Waals surface area contributed by atoms with E-state index in [1.807, 2.05) is 31.2 Å². The summed E-state index contributed by atoms with van der Waals surface area (Å²) in [6, 6.07) is 15.1. The van der Waals surface area contributed by atoms with Gasteiger partial charge in [0, 0.05) is 20.6 Å². The first kappa shape index (κ1) is 15.5. The zero-order chi connectivity index (χ0) is 15.5. The summed E-state index contributed by atoms with van der Waals surface area (Å²) in [5.74, 6) is 0. The van der Waals surface area contributed by atoms with Crippen molar-refractivity contribution >= 4 is 15.7 Å². The van der Waals surface area contributed by atoms with Crippen molar-refractivity contribution in [1.29, 1.82) is 0 Å². The second kappa shape index (κ2) is 6.28. The summed E-state index contributed by atoms with van der Waals surface area (Å²) in [7, 11) is -0.380. The molecular weight excluding hydrogens is 284 g/mol. The van der Waals surface area contributed by atoms with Gasteiger partial charge in [-0.2, -0.15) is 0 Å². The highest BCUT2D eigenvalue weighted by Crippen LogP contribution is 2.23. The Morgan fingerprint density at radius 1 is 1.05 bits per heavy atom. The molecule has 0 unspecified atom stereocenters. The molecule has 0 saturated carbocycles. The highest BCUT2D eigenvalue weighted by atomic mass is 32.2. The van der Waals surface area contributed by atoms with Gasteiger partial charge in [0.2, 0.25) is 10.0 Å². The van der Waals surface area contributed by atoms with Crippen LogP contribution in [0.15, 0.2) is 53.4 Å². The van der Waals surface area contributed by atoms with Crippen LogP contribution < -0.4 is 5.32 Å². The number of nitrogens with one attached hydrogen (secondary N) is 1. The van der Waals surface area contributed by atoms with Gasteiger partial charge in [0.1, 0.15) is 4.90 Å². The van der Waals surface area contributed by atoms with Crippen molar-refractivity contribution in [3.05, 3.63) is 59.7 Å². The molecule has 0 saturated heterocycles. The van der Waals surface area contributed by atoms with Gasteiger partial charge in [-0.1, -0.05) is 42.0 Å². The molecule has 0 aliphatic heterocycles. The monoisotopic (exact) mass is 304 g/mol. The van der Waals surface area contributed by atoms with E-state index < -0.39 is 10.0 Å². The van der Waals surface area contributed by atoms with Gasteiger partial charge in [0.15, 0.2) is 0 Å². The normalized spacial score (nSPS) is 11.6. The van der Waals surface area contributed by atoms with Crippen LogP contribution in [-0.4, -0.2) is 26.8 Å². The predicted octanol–water partition coefficient (Wildman–Crippen LogP) is 2.86. The number of sulfonamides is 1. The van der Waals surface area contributed by atoms with E-state index in [2.05, 4.69) is 11.4 Å². The molecule has 0 heterocycles. The summed E-state index contributed by atoms with van der Waals surface area (Å²) in [4.78, 5) is 0.294. The summed E-state index contributed by atoms with van der Waals surface area (Å²) >= 11 is 0. The van der Waals surface area contributed by atoms with E-state index in [1.165, 1.54) is 24.0 Å². The Kier molecular flexibility index (Phi) is 4.65. The molecule has 0 amide bonds. The van der Waals surface area contributed by atoms with Crippen molar-refractivity contribution in [2.24, 2.45) is 0 Å². The lowest BCUT2D eigenvalue weighted by Crippen LogP contribution is -2.23. The fourth-order valence-electron chi connectivity index (χ4n) is 2.05. The van der Waals surface area contributed by atoms with Crippen LogP contribution in [-0.2, 0) is 16.6 Å². The first-order valence-corrected chi connectivity index (χ1v) is 8.16. The van der Waals surface area contributed by atoms with Crippen LogP contribution in [0.2, 0.25) is 0 Å². The maximum absolute atomic E-state index is 12.3. The minimum atomic E-state index is -3.45. The van der Waals surface area contributed by atoms with E-state index in [0.717, 1.165) is 5.56 Å². The van der Waals surface area contributed by atoms with Gasteiger partial charge in [-0.25, -0.2) is 12.7 Å². The van der Waals surface area contributed by atoms with Crippen LogP contribution in [0.3, 0.4) is 0 Å². The second-order valence-corrected chi connectivity index (χ2v) is 7.25. The lowest BCUT2D eigenvalue weighted by atomic mass is 10.1. The first-order valence-electron chi connectivity index (χ1n) is 6.72. The number of rotatable bonds is 5. The van der Waals surface area contributed by atoms with Crippen LogP contribution in [0.25, 0.3) is 0 Å². The molecule has 0 radical (unpaired) electrons. The summed E-state index contributed by atoms with van der Waals surface area (Å²) in [5.41, 5.74) is 2.92. The molecule has 0 aliphatic carbocycles. The highest BCUT2D eigenvalue weighted by Gasteiger charge is 2.20. The van der Waals surface area contributed by atoms with Gasteiger partial charge >= 0.3 is 0 Å². The molecule has 0 fully saturated rings. The van der Waals surface area contributed by atoms with Gasteiger partial charge in [0.05, 0.1) is 5.69 Å². The third kappa shape index (κ3) is 3.62. The predicted molar refractivity (Wildman–Crippen MR) is 85.8 cm³/mol. The largest absolute Gasteiger partial charge is 0.380 e. The van der Waals surface area contributed by atoms with E-state index in [9.17, 15) is 8.42 Å². The summed E-state index contributed by atoms with van der Waals surface area (Å²) < 4.78 is 25.8.